The Hall–Kier alpha value is -0.860. The van der Waals surface area contributed by atoms with Crippen LogP contribution >= 0.6 is 0 Å². The molecule has 1 N–H and O–H groups in total. The third kappa shape index (κ3) is 3.82. The summed E-state index contributed by atoms with van der Waals surface area (Å²) in [4.78, 5) is 0. The van der Waals surface area contributed by atoms with Gasteiger partial charge in [0.25, 0.3) is 0 Å². The monoisotopic (exact) mass is 249 g/mol. The molecule has 0 saturated carbocycles. The smallest absolute Gasteiger partial charge is 0.0587 e. The second-order valence-corrected chi connectivity index (χ2v) is 5.03. The fourth-order valence-corrected chi connectivity index (χ4v) is 2.49. The van der Waals surface area contributed by atoms with Crippen LogP contribution < -0.4 is 5.32 Å². The van der Waals surface area contributed by atoms with E-state index in [1.165, 1.54) is 11.1 Å². The summed E-state index contributed by atoms with van der Waals surface area (Å²) < 4.78 is 5.09. The third-order valence-electron chi connectivity index (χ3n) is 3.93. The molecular weight excluding hydrogens is 222 g/mol. The van der Waals surface area contributed by atoms with Crippen molar-refractivity contribution in [1.82, 2.24) is 5.32 Å². The molecule has 0 saturated heterocycles. The lowest BCUT2D eigenvalue weighted by atomic mass is 9.75. The Morgan fingerprint density at radius 1 is 1.22 bits per heavy atom. The van der Waals surface area contributed by atoms with E-state index in [-0.39, 0.29) is 5.41 Å². The minimum absolute atomic E-state index is 0.250. The van der Waals surface area contributed by atoms with Crippen molar-refractivity contribution in [2.24, 2.45) is 0 Å². The van der Waals surface area contributed by atoms with Gasteiger partial charge in [-0.2, -0.15) is 0 Å². The minimum atomic E-state index is 0.250. The molecule has 0 aromatic heterocycles. The number of hydrogen-bond acceptors (Lipinski definition) is 2. The van der Waals surface area contributed by atoms with Gasteiger partial charge in [-0.15, -0.1) is 0 Å². The van der Waals surface area contributed by atoms with E-state index in [1.54, 1.807) is 7.11 Å². The molecule has 0 aliphatic rings. The molecule has 0 bridgehead atoms. The highest BCUT2D eigenvalue weighted by Gasteiger charge is 2.27. The maximum Gasteiger partial charge on any atom is 0.0587 e. The van der Waals surface area contributed by atoms with Gasteiger partial charge in [-0.1, -0.05) is 43.7 Å². The molecule has 0 unspecified atom stereocenters. The predicted molar refractivity (Wildman–Crippen MR) is 78.2 cm³/mol. The average molecular weight is 249 g/mol. The molecule has 1 rings (SSSR count). The van der Waals surface area contributed by atoms with Gasteiger partial charge < -0.3 is 10.1 Å². The highest BCUT2D eigenvalue weighted by molar-refractivity contribution is 5.30. The van der Waals surface area contributed by atoms with Gasteiger partial charge in [0.1, 0.15) is 0 Å². The van der Waals surface area contributed by atoms with Crippen molar-refractivity contribution in [1.29, 1.82) is 0 Å². The van der Waals surface area contributed by atoms with E-state index in [9.17, 15) is 0 Å². The van der Waals surface area contributed by atoms with Gasteiger partial charge >= 0.3 is 0 Å². The zero-order valence-corrected chi connectivity index (χ0v) is 12.3. The molecular formula is C16H27NO. The standard InChI is InChI=1S/C16H27NO/c1-5-16(6-2,13-17-10-11-18-4)15-9-7-8-14(3)12-15/h7-9,12,17H,5-6,10-11,13H2,1-4H3. The molecule has 1 aromatic carbocycles. The second-order valence-electron chi connectivity index (χ2n) is 5.03. The van der Waals surface area contributed by atoms with Crippen LogP contribution in [0.3, 0.4) is 0 Å². The van der Waals surface area contributed by atoms with Crippen molar-refractivity contribution in [3.8, 4) is 0 Å². The first-order chi connectivity index (χ1) is 8.68. The number of ether oxygens (including phenoxy) is 1. The largest absolute Gasteiger partial charge is 0.383 e. The van der Waals surface area contributed by atoms with E-state index in [1.807, 2.05) is 0 Å². The quantitative estimate of drug-likeness (QED) is 0.714. The summed E-state index contributed by atoms with van der Waals surface area (Å²) in [7, 11) is 1.75. The summed E-state index contributed by atoms with van der Waals surface area (Å²) in [6, 6.07) is 8.92. The molecule has 0 spiro atoms. The molecule has 0 heterocycles. The first-order valence-corrected chi connectivity index (χ1v) is 6.95. The minimum Gasteiger partial charge on any atom is -0.383 e. The molecule has 18 heavy (non-hydrogen) atoms. The molecule has 2 nitrogen and oxygen atoms in total. The fraction of sp³-hybridized carbons (Fsp3) is 0.625. The van der Waals surface area contributed by atoms with Crippen LogP contribution in [0.5, 0.6) is 0 Å². The summed E-state index contributed by atoms with van der Waals surface area (Å²) in [6.07, 6.45) is 2.32. The Morgan fingerprint density at radius 3 is 2.50 bits per heavy atom. The van der Waals surface area contributed by atoms with Gasteiger partial charge in [0.15, 0.2) is 0 Å². The number of benzene rings is 1. The third-order valence-corrected chi connectivity index (χ3v) is 3.93. The van der Waals surface area contributed by atoms with Crippen molar-refractivity contribution in [2.45, 2.75) is 39.0 Å². The Morgan fingerprint density at radius 2 is 1.94 bits per heavy atom. The summed E-state index contributed by atoms with van der Waals surface area (Å²) in [5.74, 6) is 0. The summed E-state index contributed by atoms with van der Waals surface area (Å²) in [5.41, 5.74) is 3.05. The topological polar surface area (TPSA) is 21.3 Å². The number of methoxy groups -OCH3 is 1. The van der Waals surface area contributed by atoms with E-state index in [0.29, 0.717) is 0 Å². The van der Waals surface area contributed by atoms with Crippen molar-refractivity contribution < 1.29 is 4.74 Å². The number of nitrogens with one attached hydrogen (secondary N) is 1. The highest BCUT2D eigenvalue weighted by atomic mass is 16.5. The Bertz CT molecular complexity index is 345. The van der Waals surface area contributed by atoms with Crippen LogP contribution in [0.25, 0.3) is 0 Å². The maximum absolute atomic E-state index is 5.09. The van der Waals surface area contributed by atoms with Crippen LogP contribution in [0.1, 0.15) is 37.8 Å². The molecule has 0 aliphatic heterocycles. The Labute approximate surface area is 112 Å². The van der Waals surface area contributed by atoms with Gasteiger partial charge in [-0.3, -0.25) is 0 Å². The molecule has 2 heteroatoms. The first kappa shape index (κ1) is 15.2. The van der Waals surface area contributed by atoms with Gasteiger partial charge in [0.2, 0.25) is 0 Å². The van der Waals surface area contributed by atoms with E-state index < -0.39 is 0 Å². The fourth-order valence-electron chi connectivity index (χ4n) is 2.49. The van der Waals surface area contributed by atoms with Crippen LogP contribution in [0.2, 0.25) is 0 Å². The lowest BCUT2D eigenvalue weighted by molar-refractivity contribution is 0.195. The number of aryl methyl sites for hydroxylation is 1. The summed E-state index contributed by atoms with van der Waals surface area (Å²) >= 11 is 0. The first-order valence-electron chi connectivity index (χ1n) is 6.95. The molecule has 102 valence electrons. The molecule has 0 amide bonds. The highest BCUT2D eigenvalue weighted by Crippen LogP contribution is 2.31. The Balaban J connectivity index is 2.79. The van der Waals surface area contributed by atoms with Crippen LogP contribution in [-0.4, -0.2) is 26.8 Å². The van der Waals surface area contributed by atoms with E-state index in [4.69, 9.17) is 4.74 Å². The van der Waals surface area contributed by atoms with Crippen molar-refractivity contribution in [3.63, 3.8) is 0 Å². The lowest BCUT2D eigenvalue weighted by Gasteiger charge is -2.33. The normalized spacial score (nSPS) is 11.8. The zero-order chi connectivity index (χ0) is 13.4. The van der Waals surface area contributed by atoms with Crippen LogP contribution in [0.4, 0.5) is 0 Å². The predicted octanol–water partition coefficient (Wildman–Crippen LogP) is 3.29. The maximum atomic E-state index is 5.09. The van der Waals surface area contributed by atoms with E-state index in [2.05, 4.69) is 50.4 Å². The lowest BCUT2D eigenvalue weighted by Crippen LogP contribution is -2.38. The van der Waals surface area contributed by atoms with Crippen LogP contribution in [0.15, 0.2) is 24.3 Å². The van der Waals surface area contributed by atoms with E-state index >= 15 is 0 Å². The van der Waals surface area contributed by atoms with Gasteiger partial charge in [-0.25, -0.2) is 0 Å². The molecule has 0 radical (unpaired) electrons. The van der Waals surface area contributed by atoms with Crippen molar-refractivity contribution in [2.75, 3.05) is 26.8 Å². The summed E-state index contributed by atoms with van der Waals surface area (Å²) in [5, 5.41) is 3.52. The molecule has 1 aromatic rings. The van der Waals surface area contributed by atoms with Crippen molar-refractivity contribution >= 4 is 0 Å². The van der Waals surface area contributed by atoms with Crippen LogP contribution in [0, 0.1) is 6.92 Å². The SMILES string of the molecule is CCC(CC)(CNCCOC)c1cccc(C)c1. The number of rotatable bonds is 8. The van der Waals surface area contributed by atoms with Crippen LogP contribution in [-0.2, 0) is 10.2 Å². The molecule has 0 aliphatic carbocycles. The summed E-state index contributed by atoms with van der Waals surface area (Å²) in [6.45, 7) is 9.44. The average Bonchev–Trinajstić information content (AvgIpc) is 2.40. The van der Waals surface area contributed by atoms with Gasteiger partial charge in [0, 0.05) is 25.6 Å². The van der Waals surface area contributed by atoms with Gasteiger partial charge in [-0.05, 0) is 25.3 Å². The van der Waals surface area contributed by atoms with Crippen molar-refractivity contribution in [3.05, 3.63) is 35.4 Å². The van der Waals surface area contributed by atoms with E-state index in [0.717, 1.165) is 32.5 Å². The second kappa shape index (κ2) is 7.55. The van der Waals surface area contributed by atoms with Gasteiger partial charge in [0.05, 0.1) is 6.61 Å². The zero-order valence-electron chi connectivity index (χ0n) is 12.3. The number of hydrogen-bond donors (Lipinski definition) is 1. The Kier molecular flexibility index (Phi) is 6.37. The molecule has 0 fully saturated rings. The molecule has 0 atom stereocenters.